The monoisotopic (exact) mass is 386 g/mol. The first-order chi connectivity index (χ1) is 10.5. The Bertz CT molecular complexity index is 535. The van der Waals surface area contributed by atoms with Gasteiger partial charge in [0.05, 0.1) is 12.3 Å². The highest BCUT2D eigenvalue weighted by atomic mass is 79.9. The molecule has 0 radical (unpaired) electrons. The number of methoxy groups -OCH3 is 1. The molecule has 0 spiro atoms. The van der Waals surface area contributed by atoms with Crippen LogP contribution in [-0.2, 0) is 9.53 Å². The van der Waals surface area contributed by atoms with Crippen molar-refractivity contribution in [2.75, 3.05) is 20.3 Å². The molecule has 0 aromatic heterocycles. The normalized spacial score (nSPS) is 11.1. The fourth-order valence-electron chi connectivity index (χ4n) is 1.55. The van der Waals surface area contributed by atoms with Crippen LogP contribution in [0.1, 0.15) is 18.4 Å². The van der Waals surface area contributed by atoms with E-state index in [2.05, 4.69) is 31.8 Å². The lowest BCUT2D eigenvalue weighted by Crippen LogP contribution is -2.35. The Balaban J connectivity index is 2.72. The van der Waals surface area contributed by atoms with E-state index in [1.807, 2.05) is 24.3 Å². The summed E-state index contributed by atoms with van der Waals surface area (Å²) in [4.78, 5) is 10.7. The molecule has 1 aromatic rings. The Kier molecular flexibility index (Phi) is 8.64. The molecule has 0 aliphatic carbocycles. The second kappa shape index (κ2) is 10.3. The smallest absolute Gasteiger partial charge is 0.187 e. The summed E-state index contributed by atoms with van der Waals surface area (Å²) in [6, 6.07) is 7.42. The van der Waals surface area contributed by atoms with Crippen molar-refractivity contribution in [2.24, 2.45) is 5.10 Å². The van der Waals surface area contributed by atoms with Crippen LogP contribution in [0.3, 0.4) is 0 Å². The van der Waals surface area contributed by atoms with Gasteiger partial charge in [-0.25, -0.2) is 0 Å². The highest BCUT2D eigenvalue weighted by Crippen LogP contribution is 2.13. The van der Waals surface area contributed by atoms with Gasteiger partial charge in [-0.15, -0.1) is 0 Å². The number of ether oxygens (including phenoxy) is 1. The number of carbonyl (C=O) groups is 1. The number of thiocarbonyl (C=S) groups is 1. The van der Waals surface area contributed by atoms with Gasteiger partial charge >= 0.3 is 0 Å². The van der Waals surface area contributed by atoms with E-state index in [1.54, 1.807) is 7.11 Å². The maximum absolute atomic E-state index is 10.7. The highest BCUT2D eigenvalue weighted by Gasteiger charge is 2.05. The number of hydrogen-bond acceptors (Lipinski definition) is 5. The highest BCUT2D eigenvalue weighted by molar-refractivity contribution is 9.10. The van der Waals surface area contributed by atoms with Crippen LogP contribution in [0.2, 0.25) is 0 Å². The quantitative estimate of drug-likeness (QED) is 0.297. The second-order valence-corrected chi connectivity index (χ2v) is 5.62. The van der Waals surface area contributed by atoms with Gasteiger partial charge in [0.2, 0.25) is 0 Å². The van der Waals surface area contributed by atoms with E-state index in [1.165, 1.54) is 0 Å². The zero-order valence-electron chi connectivity index (χ0n) is 12.1. The number of nitrogens with one attached hydrogen (secondary N) is 2. The maximum Gasteiger partial charge on any atom is 0.187 e. The van der Waals surface area contributed by atoms with Crippen molar-refractivity contribution in [2.45, 2.75) is 12.8 Å². The molecular weight excluding hydrogens is 370 g/mol. The summed E-state index contributed by atoms with van der Waals surface area (Å²) in [5, 5.41) is 18.1. The first-order valence-electron chi connectivity index (χ1n) is 6.58. The van der Waals surface area contributed by atoms with Crippen LogP contribution in [-0.4, -0.2) is 37.1 Å². The van der Waals surface area contributed by atoms with E-state index >= 15 is 0 Å². The fraction of sp³-hybridized carbons (Fsp3) is 0.357. The standard InChI is InChI=1S/C14H18BrN3O3S/c1-21-9-8-16-14(22)18-17-12(6-7-13(19)20)10-2-4-11(15)5-3-10/h2-5H,6-9H2,1H3,(H,19,20)(H2,16,18,22)/p-1/b17-12-. The van der Waals surface area contributed by atoms with Crippen LogP contribution in [0.15, 0.2) is 33.8 Å². The number of halogens is 1. The Morgan fingerprint density at radius 1 is 1.36 bits per heavy atom. The van der Waals surface area contributed by atoms with E-state index in [4.69, 9.17) is 17.0 Å². The average molecular weight is 387 g/mol. The van der Waals surface area contributed by atoms with Gasteiger partial charge in [-0.1, -0.05) is 28.1 Å². The predicted molar refractivity (Wildman–Crippen MR) is 90.5 cm³/mol. The van der Waals surface area contributed by atoms with Crippen LogP contribution in [0.5, 0.6) is 0 Å². The molecule has 0 saturated carbocycles. The lowest BCUT2D eigenvalue weighted by atomic mass is 10.1. The topological polar surface area (TPSA) is 85.8 Å². The van der Waals surface area contributed by atoms with Gasteiger partial charge in [0.25, 0.3) is 0 Å². The van der Waals surface area contributed by atoms with Crippen LogP contribution in [0.25, 0.3) is 0 Å². The number of hydrogen-bond donors (Lipinski definition) is 2. The minimum Gasteiger partial charge on any atom is -0.550 e. The summed E-state index contributed by atoms with van der Waals surface area (Å²) in [7, 11) is 1.60. The molecule has 8 heteroatoms. The first-order valence-corrected chi connectivity index (χ1v) is 7.78. The first kappa shape index (κ1) is 18.5. The summed E-state index contributed by atoms with van der Waals surface area (Å²) in [6.45, 7) is 1.08. The van der Waals surface area contributed by atoms with Gasteiger partial charge in [-0.2, -0.15) is 5.10 Å². The Morgan fingerprint density at radius 2 is 2.05 bits per heavy atom. The van der Waals surface area contributed by atoms with E-state index in [-0.39, 0.29) is 12.8 Å². The van der Waals surface area contributed by atoms with Crippen LogP contribution < -0.4 is 15.8 Å². The molecule has 0 aliphatic rings. The van der Waals surface area contributed by atoms with Crippen molar-refractivity contribution in [1.29, 1.82) is 0 Å². The fourth-order valence-corrected chi connectivity index (χ4v) is 1.96. The van der Waals surface area contributed by atoms with Crippen LogP contribution in [0.4, 0.5) is 0 Å². The van der Waals surface area contributed by atoms with Crippen molar-refractivity contribution in [3.63, 3.8) is 0 Å². The molecule has 0 heterocycles. The summed E-state index contributed by atoms with van der Waals surface area (Å²) >= 11 is 8.42. The van der Waals surface area contributed by atoms with Gasteiger partial charge in [0, 0.05) is 24.1 Å². The van der Waals surface area contributed by atoms with Gasteiger partial charge in [0.1, 0.15) is 0 Å². The molecule has 0 aliphatic heterocycles. The summed E-state index contributed by atoms with van der Waals surface area (Å²) in [5.74, 6) is -1.12. The largest absolute Gasteiger partial charge is 0.550 e. The minimum absolute atomic E-state index is 0.111. The molecule has 0 amide bonds. The molecule has 0 fully saturated rings. The third kappa shape index (κ3) is 7.48. The number of hydrazone groups is 1. The van der Waals surface area contributed by atoms with E-state index in [0.717, 1.165) is 10.0 Å². The summed E-state index contributed by atoms with van der Waals surface area (Å²) < 4.78 is 5.83. The van der Waals surface area contributed by atoms with Crippen molar-refractivity contribution >= 4 is 44.9 Å². The molecular formula is C14H17BrN3O3S-. The van der Waals surface area contributed by atoms with E-state index in [0.29, 0.717) is 24.0 Å². The summed E-state index contributed by atoms with van der Waals surface area (Å²) in [5.41, 5.74) is 4.11. The molecule has 2 N–H and O–H groups in total. The van der Waals surface area contributed by atoms with E-state index < -0.39 is 5.97 Å². The number of carboxylic acid groups (broad SMARTS) is 1. The molecule has 0 bridgehead atoms. The Morgan fingerprint density at radius 3 is 2.64 bits per heavy atom. The lowest BCUT2D eigenvalue weighted by Gasteiger charge is -2.10. The summed E-state index contributed by atoms with van der Waals surface area (Å²) in [6.07, 6.45) is 0.137. The number of aliphatic carboxylic acids is 1. The van der Waals surface area contributed by atoms with Gasteiger partial charge in [-0.05, 0) is 42.8 Å². The third-order valence-electron chi connectivity index (χ3n) is 2.63. The van der Waals surface area contributed by atoms with Crippen LogP contribution >= 0.6 is 28.1 Å². The lowest BCUT2D eigenvalue weighted by molar-refractivity contribution is -0.305. The Hall–Kier alpha value is -1.51. The molecule has 0 unspecified atom stereocenters. The SMILES string of the molecule is COCCNC(=S)N/N=C(/CCC(=O)[O-])c1ccc(Br)cc1. The molecule has 0 saturated heterocycles. The molecule has 1 aromatic carbocycles. The van der Waals surface area contributed by atoms with E-state index in [9.17, 15) is 9.90 Å². The van der Waals surface area contributed by atoms with Crippen molar-refractivity contribution < 1.29 is 14.6 Å². The number of nitrogens with zero attached hydrogens (tertiary/aromatic N) is 1. The zero-order chi connectivity index (χ0) is 16.4. The molecule has 1 rings (SSSR count). The predicted octanol–water partition coefficient (Wildman–Crippen LogP) is 0.794. The zero-order valence-corrected chi connectivity index (χ0v) is 14.5. The molecule has 0 atom stereocenters. The molecule has 22 heavy (non-hydrogen) atoms. The number of benzene rings is 1. The maximum atomic E-state index is 10.7. The van der Waals surface area contributed by atoms with Crippen molar-refractivity contribution in [1.82, 2.24) is 10.7 Å². The number of carboxylic acids is 1. The molecule has 6 nitrogen and oxygen atoms in total. The van der Waals surface area contributed by atoms with Gasteiger partial charge in [-0.3, -0.25) is 5.43 Å². The average Bonchev–Trinajstić information content (AvgIpc) is 2.48. The van der Waals surface area contributed by atoms with Crippen molar-refractivity contribution in [3.05, 3.63) is 34.3 Å². The van der Waals surface area contributed by atoms with Gasteiger partial charge < -0.3 is 20.0 Å². The van der Waals surface area contributed by atoms with Crippen molar-refractivity contribution in [3.8, 4) is 0 Å². The second-order valence-electron chi connectivity index (χ2n) is 4.30. The third-order valence-corrected chi connectivity index (χ3v) is 3.39. The number of carbonyl (C=O) groups excluding carboxylic acids is 1. The van der Waals surface area contributed by atoms with Crippen LogP contribution in [0, 0.1) is 0 Å². The molecule has 120 valence electrons. The Labute approximate surface area is 143 Å². The van der Waals surface area contributed by atoms with Gasteiger partial charge in [0.15, 0.2) is 5.11 Å². The minimum atomic E-state index is -1.12. The number of rotatable bonds is 8.